The fourth-order valence-electron chi connectivity index (χ4n) is 2.72. The number of esters is 2. The van der Waals surface area contributed by atoms with E-state index < -0.39 is 46.9 Å². The van der Waals surface area contributed by atoms with E-state index in [9.17, 15) is 18.4 Å². The number of terminal acetylenes is 1. The monoisotopic (exact) mass is 352 g/mol. The Labute approximate surface area is 146 Å². The second-order valence-electron chi connectivity index (χ2n) is 6.92. The van der Waals surface area contributed by atoms with E-state index in [2.05, 4.69) is 5.92 Å². The third-order valence-electron chi connectivity index (χ3n) is 4.52. The minimum Gasteiger partial charge on any atom is -0.457 e. The molecular weight excluding hydrogens is 330 g/mol. The minimum absolute atomic E-state index is 0.204. The first-order valence-corrected chi connectivity index (χ1v) is 8.32. The number of hydrogen-bond donors (Lipinski definition) is 0. The first-order chi connectivity index (χ1) is 11.7. The summed E-state index contributed by atoms with van der Waals surface area (Å²) in [5, 5.41) is 0. The molecule has 136 valence electrons. The quantitative estimate of drug-likeness (QED) is 0.399. The number of halogens is 2. The summed E-state index contributed by atoms with van der Waals surface area (Å²) < 4.78 is 37.6. The molecule has 0 radical (unpaired) electrons. The number of rotatable bonds is 7. The van der Waals surface area contributed by atoms with E-state index in [0.717, 1.165) is 18.9 Å². The van der Waals surface area contributed by atoms with E-state index in [1.165, 1.54) is 6.08 Å². The summed E-state index contributed by atoms with van der Waals surface area (Å²) in [6.07, 6.45) is 7.83. The highest BCUT2D eigenvalue weighted by Gasteiger charge is 2.62. The standard InChI is InChI=1S/C19H22F2O4/c1-5-7-13(20)15(6-2)25-18(23)16-12(19(16,3)4)10-14(21)17(22)24-11-8-9-11/h2,7,10-12,15-16H,5,8-9H2,1,3-4H3/b13-7-,14-10-. The summed E-state index contributed by atoms with van der Waals surface area (Å²) in [4.78, 5) is 23.8. The smallest absolute Gasteiger partial charge is 0.367 e. The maximum atomic E-state index is 13.9. The number of carbonyl (C=O) groups excluding carboxylic acids is 2. The predicted octanol–water partition coefficient (Wildman–Crippen LogP) is 3.63. The SMILES string of the molecule is C#CC(OC(=O)C1C(/C=C(\F)C(=O)OC2CC2)C1(C)C)/C(F)=C/CC. The molecule has 2 rings (SSSR count). The molecule has 0 spiro atoms. The van der Waals surface area contributed by atoms with Gasteiger partial charge in [0.2, 0.25) is 11.9 Å². The van der Waals surface area contributed by atoms with Gasteiger partial charge >= 0.3 is 11.9 Å². The minimum atomic E-state index is -1.39. The van der Waals surface area contributed by atoms with Gasteiger partial charge in [-0.2, -0.15) is 4.39 Å². The van der Waals surface area contributed by atoms with Crippen LogP contribution < -0.4 is 0 Å². The van der Waals surface area contributed by atoms with E-state index in [1.807, 2.05) is 0 Å². The van der Waals surface area contributed by atoms with Crippen molar-refractivity contribution in [3.63, 3.8) is 0 Å². The fourth-order valence-corrected chi connectivity index (χ4v) is 2.72. The summed E-state index contributed by atoms with van der Waals surface area (Å²) in [6, 6.07) is 0. The van der Waals surface area contributed by atoms with Gasteiger partial charge in [-0.15, -0.1) is 6.42 Å². The van der Waals surface area contributed by atoms with Gasteiger partial charge in [-0.3, -0.25) is 4.79 Å². The van der Waals surface area contributed by atoms with Crippen LogP contribution in [0.25, 0.3) is 0 Å². The largest absolute Gasteiger partial charge is 0.457 e. The molecule has 0 aliphatic heterocycles. The highest BCUT2D eigenvalue weighted by Crippen LogP contribution is 2.60. The molecule has 0 aromatic carbocycles. The van der Waals surface area contributed by atoms with Crippen LogP contribution in [0.3, 0.4) is 0 Å². The van der Waals surface area contributed by atoms with Crippen LogP contribution in [0.4, 0.5) is 8.78 Å². The Balaban J connectivity index is 2.01. The fraction of sp³-hybridized carbons (Fsp3) is 0.579. The van der Waals surface area contributed by atoms with Gasteiger partial charge in [-0.1, -0.05) is 26.7 Å². The lowest BCUT2D eigenvalue weighted by atomic mass is 10.1. The van der Waals surface area contributed by atoms with Crippen molar-refractivity contribution in [3.8, 4) is 12.3 Å². The van der Waals surface area contributed by atoms with Crippen molar-refractivity contribution < 1.29 is 27.8 Å². The predicted molar refractivity (Wildman–Crippen MR) is 87.3 cm³/mol. The van der Waals surface area contributed by atoms with Gasteiger partial charge in [0, 0.05) is 0 Å². The van der Waals surface area contributed by atoms with Gasteiger partial charge in [0.1, 0.15) is 11.9 Å². The van der Waals surface area contributed by atoms with Crippen molar-refractivity contribution in [2.75, 3.05) is 0 Å². The highest BCUT2D eigenvalue weighted by atomic mass is 19.1. The Kier molecular flexibility index (Phi) is 5.66. The van der Waals surface area contributed by atoms with Crippen molar-refractivity contribution in [1.29, 1.82) is 0 Å². The van der Waals surface area contributed by atoms with E-state index in [-0.39, 0.29) is 6.10 Å². The lowest BCUT2D eigenvalue weighted by Gasteiger charge is -2.11. The third-order valence-corrected chi connectivity index (χ3v) is 4.52. The molecule has 2 saturated carbocycles. The molecule has 0 heterocycles. The molecule has 3 atom stereocenters. The maximum Gasteiger partial charge on any atom is 0.367 e. The van der Waals surface area contributed by atoms with Crippen LogP contribution in [0.1, 0.15) is 40.0 Å². The Morgan fingerprint density at radius 2 is 2.00 bits per heavy atom. The summed E-state index contributed by atoms with van der Waals surface area (Å²) >= 11 is 0. The average molecular weight is 352 g/mol. The van der Waals surface area contributed by atoms with Crippen molar-refractivity contribution in [2.24, 2.45) is 17.3 Å². The molecule has 0 bridgehead atoms. The van der Waals surface area contributed by atoms with E-state index in [0.29, 0.717) is 6.42 Å². The van der Waals surface area contributed by atoms with E-state index >= 15 is 0 Å². The van der Waals surface area contributed by atoms with E-state index in [1.54, 1.807) is 20.8 Å². The number of hydrogen-bond acceptors (Lipinski definition) is 4. The van der Waals surface area contributed by atoms with Crippen molar-refractivity contribution >= 4 is 11.9 Å². The van der Waals surface area contributed by atoms with Crippen LogP contribution in [0.15, 0.2) is 23.8 Å². The summed E-state index contributed by atoms with van der Waals surface area (Å²) in [6.45, 7) is 5.20. The van der Waals surface area contributed by atoms with Gasteiger partial charge in [-0.25, -0.2) is 9.18 Å². The maximum absolute atomic E-state index is 13.9. The Bertz CT molecular complexity index is 653. The van der Waals surface area contributed by atoms with Gasteiger partial charge in [-0.05, 0) is 42.7 Å². The molecule has 0 aromatic rings. The third kappa shape index (κ3) is 4.47. The molecule has 0 saturated heterocycles. The summed E-state index contributed by atoms with van der Waals surface area (Å²) in [5.41, 5.74) is -0.613. The molecule has 2 aliphatic carbocycles. The highest BCUT2D eigenvalue weighted by molar-refractivity contribution is 5.87. The second kappa shape index (κ2) is 7.38. The van der Waals surface area contributed by atoms with Gasteiger partial charge in [0.05, 0.1) is 5.92 Å². The molecule has 3 unspecified atom stereocenters. The normalized spacial score (nSPS) is 26.4. The van der Waals surface area contributed by atoms with Crippen LogP contribution in [-0.2, 0) is 19.1 Å². The topological polar surface area (TPSA) is 52.6 Å². The van der Waals surface area contributed by atoms with Crippen molar-refractivity contribution in [2.45, 2.75) is 52.2 Å². The molecule has 2 aliphatic rings. The van der Waals surface area contributed by atoms with Crippen LogP contribution >= 0.6 is 0 Å². The lowest BCUT2D eigenvalue weighted by Crippen LogP contribution is -2.20. The van der Waals surface area contributed by atoms with Crippen molar-refractivity contribution in [1.82, 2.24) is 0 Å². The molecular formula is C19H22F2O4. The second-order valence-corrected chi connectivity index (χ2v) is 6.92. The molecule has 0 amide bonds. The van der Waals surface area contributed by atoms with Crippen molar-refractivity contribution in [3.05, 3.63) is 23.8 Å². The Hall–Kier alpha value is -2.16. The first kappa shape index (κ1) is 19.2. The molecule has 25 heavy (non-hydrogen) atoms. The molecule has 4 nitrogen and oxygen atoms in total. The van der Waals surface area contributed by atoms with E-state index in [4.69, 9.17) is 15.9 Å². The lowest BCUT2D eigenvalue weighted by molar-refractivity contribution is -0.148. The molecule has 6 heteroatoms. The molecule has 0 aromatic heterocycles. The van der Waals surface area contributed by atoms with Crippen LogP contribution in [0.2, 0.25) is 0 Å². The van der Waals surface area contributed by atoms with Gasteiger partial charge < -0.3 is 9.47 Å². The zero-order valence-electron chi connectivity index (χ0n) is 14.6. The van der Waals surface area contributed by atoms with Crippen LogP contribution in [-0.4, -0.2) is 24.1 Å². The number of allylic oxidation sites excluding steroid dienone is 2. The zero-order valence-corrected chi connectivity index (χ0v) is 14.6. The van der Waals surface area contributed by atoms with Crippen LogP contribution in [0.5, 0.6) is 0 Å². The Morgan fingerprint density at radius 3 is 2.52 bits per heavy atom. The number of carbonyl (C=O) groups is 2. The molecule has 0 N–H and O–H groups in total. The Morgan fingerprint density at radius 1 is 1.36 bits per heavy atom. The zero-order chi connectivity index (χ0) is 18.8. The first-order valence-electron chi connectivity index (χ1n) is 8.32. The van der Waals surface area contributed by atoms with Gasteiger partial charge in [0.15, 0.2) is 0 Å². The average Bonchev–Trinajstić information content (AvgIpc) is 3.43. The number of ether oxygens (including phenoxy) is 2. The van der Waals surface area contributed by atoms with Crippen LogP contribution in [0, 0.1) is 29.6 Å². The summed E-state index contributed by atoms with van der Waals surface area (Å²) in [7, 11) is 0. The van der Waals surface area contributed by atoms with Gasteiger partial charge in [0.25, 0.3) is 0 Å². The molecule has 2 fully saturated rings. The summed E-state index contributed by atoms with van der Waals surface area (Å²) in [5.74, 6) is -2.61.